The Hall–Kier alpha value is -1.07. The first-order chi connectivity index (χ1) is 7.04. The third-order valence-corrected chi connectivity index (χ3v) is 2.88. The maximum absolute atomic E-state index is 11.2. The van der Waals surface area contributed by atoms with E-state index in [0.29, 0.717) is 16.6 Å². The molecule has 1 aromatic heterocycles. The molecule has 0 bridgehead atoms. The topological polar surface area (TPSA) is 51.2 Å². The van der Waals surface area contributed by atoms with Gasteiger partial charge in [-0.25, -0.2) is 9.78 Å². The van der Waals surface area contributed by atoms with E-state index in [4.69, 9.17) is 11.6 Å². The van der Waals surface area contributed by atoms with Crippen LogP contribution in [-0.4, -0.2) is 24.6 Å². The maximum atomic E-state index is 11.2. The van der Waals surface area contributed by atoms with E-state index in [1.165, 1.54) is 7.11 Å². The van der Waals surface area contributed by atoms with Crippen LogP contribution in [0.3, 0.4) is 0 Å². The van der Waals surface area contributed by atoms with E-state index < -0.39 is 5.97 Å². The fourth-order valence-corrected chi connectivity index (χ4v) is 1.92. The second-order valence-corrected chi connectivity index (χ2v) is 4.30. The van der Waals surface area contributed by atoms with Gasteiger partial charge in [-0.05, 0) is 6.92 Å². The van der Waals surface area contributed by atoms with Gasteiger partial charge in [0, 0.05) is 6.54 Å². The van der Waals surface area contributed by atoms with Crippen molar-refractivity contribution in [1.29, 1.82) is 0 Å². The van der Waals surface area contributed by atoms with E-state index in [2.05, 4.69) is 21.6 Å². The summed E-state index contributed by atoms with van der Waals surface area (Å²) in [4.78, 5) is 15.5. The van der Waals surface area contributed by atoms with Crippen molar-refractivity contribution in [3.8, 4) is 0 Å². The van der Waals surface area contributed by atoms with Gasteiger partial charge in [-0.1, -0.05) is 35.1 Å². The number of thiazole rings is 1. The van der Waals surface area contributed by atoms with Crippen LogP contribution >= 0.6 is 22.9 Å². The molecule has 0 radical (unpaired) electrons. The molecule has 0 aliphatic heterocycles. The Bertz CT molecular complexity index is 389. The molecule has 0 aliphatic rings. The lowest BCUT2D eigenvalue weighted by atomic mass is 10.4. The molecule has 0 aromatic carbocycles. The minimum atomic E-state index is -0.471. The van der Waals surface area contributed by atoms with Gasteiger partial charge in [-0.3, -0.25) is 0 Å². The van der Waals surface area contributed by atoms with Crippen LogP contribution in [-0.2, 0) is 4.74 Å². The Labute approximate surface area is 96.9 Å². The summed E-state index contributed by atoms with van der Waals surface area (Å²) in [6, 6.07) is 0. The van der Waals surface area contributed by atoms with Crippen LogP contribution in [0.15, 0.2) is 12.2 Å². The lowest BCUT2D eigenvalue weighted by molar-refractivity contribution is 0.0606. The summed E-state index contributed by atoms with van der Waals surface area (Å²) in [6.07, 6.45) is 0. The highest BCUT2D eigenvalue weighted by Gasteiger charge is 2.16. The van der Waals surface area contributed by atoms with E-state index in [1.54, 1.807) is 0 Å². The highest BCUT2D eigenvalue weighted by Crippen LogP contribution is 2.27. The first kappa shape index (κ1) is 12.0. The number of hydrogen-bond donors (Lipinski definition) is 1. The third kappa shape index (κ3) is 3.21. The summed E-state index contributed by atoms with van der Waals surface area (Å²) in [7, 11) is 1.30. The lowest BCUT2D eigenvalue weighted by Gasteiger charge is -1.99. The van der Waals surface area contributed by atoms with Gasteiger partial charge in [0.15, 0.2) is 15.2 Å². The fraction of sp³-hybridized carbons (Fsp3) is 0.333. The molecular weight excluding hydrogens is 236 g/mol. The fourth-order valence-electron chi connectivity index (χ4n) is 0.822. The van der Waals surface area contributed by atoms with Gasteiger partial charge in [0.2, 0.25) is 0 Å². The molecule has 15 heavy (non-hydrogen) atoms. The van der Waals surface area contributed by atoms with Gasteiger partial charge in [0.25, 0.3) is 0 Å². The van der Waals surface area contributed by atoms with Crippen molar-refractivity contribution in [2.24, 2.45) is 0 Å². The minimum Gasteiger partial charge on any atom is -0.465 e. The summed E-state index contributed by atoms with van der Waals surface area (Å²) in [5.41, 5.74) is 0.973. The predicted octanol–water partition coefficient (Wildman–Crippen LogP) is 2.57. The molecule has 6 heteroatoms. The monoisotopic (exact) mass is 246 g/mol. The quantitative estimate of drug-likeness (QED) is 0.655. The molecule has 1 aromatic rings. The number of anilines is 1. The Kier molecular flexibility index (Phi) is 4.11. The van der Waals surface area contributed by atoms with Crippen LogP contribution in [0.1, 0.15) is 16.6 Å². The molecule has 0 spiro atoms. The van der Waals surface area contributed by atoms with Gasteiger partial charge in [0.1, 0.15) is 0 Å². The number of esters is 1. The summed E-state index contributed by atoms with van der Waals surface area (Å²) in [5.74, 6) is -0.471. The van der Waals surface area contributed by atoms with E-state index in [-0.39, 0.29) is 5.15 Å². The molecule has 0 saturated heterocycles. The van der Waals surface area contributed by atoms with Gasteiger partial charge in [-0.2, -0.15) is 0 Å². The van der Waals surface area contributed by atoms with Crippen LogP contribution < -0.4 is 5.32 Å². The summed E-state index contributed by atoms with van der Waals surface area (Å²) >= 11 is 6.93. The van der Waals surface area contributed by atoms with Gasteiger partial charge in [0.05, 0.1) is 7.11 Å². The standard InChI is InChI=1S/C9H11ClN2O2S/c1-5(2)4-11-9-12-7(10)6(15-9)8(13)14-3/h1,4H2,2-3H3,(H,11,12). The van der Waals surface area contributed by atoms with Crippen molar-refractivity contribution < 1.29 is 9.53 Å². The summed E-state index contributed by atoms with van der Waals surface area (Å²) < 4.78 is 4.56. The van der Waals surface area contributed by atoms with Crippen LogP contribution in [0.4, 0.5) is 5.13 Å². The Morgan fingerprint density at radius 1 is 1.73 bits per heavy atom. The minimum absolute atomic E-state index is 0.163. The van der Waals surface area contributed by atoms with Gasteiger partial charge in [-0.15, -0.1) is 0 Å². The van der Waals surface area contributed by atoms with Crippen molar-refractivity contribution in [2.75, 3.05) is 19.0 Å². The largest absolute Gasteiger partial charge is 0.465 e. The lowest BCUT2D eigenvalue weighted by Crippen LogP contribution is -2.00. The van der Waals surface area contributed by atoms with Crippen LogP contribution in [0.5, 0.6) is 0 Å². The number of methoxy groups -OCH3 is 1. The van der Waals surface area contributed by atoms with Crippen molar-refractivity contribution in [1.82, 2.24) is 4.98 Å². The second kappa shape index (κ2) is 5.14. The smallest absolute Gasteiger partial charge is 0.351 e. The first-order valence-electron chi connectivity index (χ1n) is 4.17. The molecule has 1 N–H and O–H groups in total. The molecule has 4 nitrogen and oxygen atoms in total. The van der Waals surface area contributed by atoms with Gasteiger partial charge < -0.3 is 10.1 Å². The zero-order chi connectivity index (χ0) is 11.4. The zero-order valence-electron chi connectivity index (χ0n) is 8.46. The van der Waals surface area contributed by atoms with Crippen LogP contribution in [0.2, 0.25) is 5.15 Å². The van der Waals surface area contributed by atoms with Crippen molar-refractivity contribution in [2.45, 2.75) is 6.92 Å². The SMILES string of the molecule is C=C(C)CNc1nc(Cl)c(C(=O)OC)s1. The molecule has 0 unspecified atom stereocenters. The van der Waals surface area contributed by atoms with E-state index in [9.17, 15) is 4.79 Å². The van der Waals surface area contributed by atoms with Crippen molar-refractivity contribution >= 4 is 34.0 Å². The maximum Gasteiger partial charge on any atom is 0.351 e. The molecule has 0 atom stereocenters. The van der Waals surface area contributed by atoms with Crippen LogP contribution in [0, 0.1) is 0 Å². The average molecular weight is 247 g/mol. The van der Waals surface area contributed by atoms with Crippen molar-refractivity contribution in [3.63, 3.8) is 0 Å². The molecular formula is C9H11ClN2O2S. The van der Waals surface area contributed by atoms with E-state index in [0.717, 1.165) is 16.9 Å². The normalized spacial score (nSPS) is 9.80. The zero-order valence-corrected chi connectivity index (χ0v) is 10.0. The summed E-state index contributed by atoms with van der Waals surface area (Å²) in [6.45, 7) is 6.23. The number of rotatable bonds is 4. The average Bonchev–Trinajstić information content (AvgIpc) is 2.55. The molecule has 82 valence electrons. The molecule has 0 fully saturated rings. The van der Waals surface area contributed by atoms with Crippen LogP contribution in [0.25, 0.3) is 0 Å². The number of ether oxygens (including phenoxy) is 1. The molecule has 1 rings (SSSR count). The Morgan fingerprint density at radius 2 is 2.40 bits per heavy atom. The number of hydrogen-bond acceptors (Lipinski definition) is 5. The summed E-state index contributed by atoms with van der Waals surface area (Å²) in [5, 5.41) is 3.75. The Balaban J connectivity index is 2.76. The highest BCUT2D eigenvalue weighted by atomic mass is 35.5. The number of aromatic nitrogens is 1. The van der Waals surface area contributed by atoms with E-state index in [1.807, 2.05) is 6.92 Å². The number of nitrogens with zero attached hydrogens (tertiary/aromatic N) is 1. The van der Waals surface area contributed by atoms with E-state index >= 15 is 0 Å². The number of carbonyl (C=O) groups is 1. The number of nitrogens with one attached hydrogen (secondary N) is 1. The third-order valence-electron chi connectivity index (χ3n) is 1.50. The molecule has 1 heterocycles. The highest BCUT2D eigenvalue weighted by molar-refractivity contribution is 7.18. The molecule has 0 aliphatic carbocycles. The molecule has 0 saturated carbocycles. The number of carbonyl (C=O) groups excluding carboxylic acids is 1. The first-order valence-corrected chi connectivity index (χ1v) is 5.37. The number of halogens is 1. The molecule has 0 amide bonds. The Morgan fingerprint density at radius 3 is 2.93 bits per heavy atom. The second-order valence-electron chi connectivity index (χ2n) is 2.94. The van der Waals surface area contributed by atoms with Crippen molar-refractivity contribution in [3.05, 3.63) is 22.2 Å². The predicted molar refractivity (Wildman–Crippen MR) is 61.8 cm³/mol. The van der Waals surface area contributed by atoms with Gasteiger partial charge >= 0.3 is 5.97 Å².